The first-order chi connectivity index (χ1) is 32.4. The number of rotatable bonds is 12. The van der Waals surface area contributed by atoms with Crippen molar-refractivity contribution in [2.45, 2.75) is 184 Å². The van der Waals surface area contributed by atoms with E-state index in [9.17, 15) is 91.9 Å². The van der Waals surface area contributed by atoms with Gasteiger partial charge in [-0.1, -0.05) is 0 Å². The van der Waals surface area contributed by atoms with Crippen molar-refractivity contribution < 1.29 is 165 Å². The van der Waals surface area contributed by atoms with E-state index in [2.05, 4.69) is 0 Å². The second-order valence-corrected chi connectivity index (χ2v) is 16.6. The highest BCUT2D eigenvalue weighted by atomic mass is 16.8. The molecule has 6 rings (SSSR count). The van der Waals surface area contributed by atoms with Gasteiger partial charge in [-0.25, -0.2) is 0 Å². The SMILES string of the molecule is OCC1OC(OC2OC(CO)C(O)C(O)C2O)C(O)C(O)C1O.OCC1OC(OC2OC(CO)C(O)C(O)C2O)C(O)C(O)C1O.OCC1OC(OC2OC(CO)C(O)C(O)C2O)C(O)C(O)C1O. The minimum atomic E-state index is -1.72. The maximum Gasteiger partial charge on any atom is 0.189 e. The quantitative estimate of drug-likeness (QED) is 0.0863. The van der Waals surface area contributed by atoms with Crippen LogP contribution in [0.2, 0.25) is 0 Å². The minimum Gasteiger partial charge on any atom is -0.394 e. The molecule has 0 aromatic rings. The summed E-state index contributed by atoms with van der Waals surface area (Å²) in [6, 6.07) is 0. The molecule has 6 aliphatic rings. The van der Waals surface area contributed by atoms with Gasteiger partial charge in [-0.05, 0) is 0 Å². The standard InChI is InChI=1S/3C12H22O11/c3*13-1-3-5(15)7(17)9(19)11(21-3)23-12-10(20)8(18)6(16)4(2-14)22-12/h3*3-20H,1-2H2. The fourth-order valence-corrected chi connectivity index (χ4v) is 7.48. The summed E-state index contributed by atoms with van der Waals surface area (Å²) >= 11 is 0. The molecule has 6 fully saturated rings. The molecule has 0 aromatic heterocycles. The first-order valence-electron chi connectivity index (χ1n) is 21.2. The summed E-state index contributed by atoms with van der Waals surface area (Å²) in [5.74, 6) is 0. The van der Waals surface area contributed by atoms with E-state index in [-0.39, 0.29) is 0 Å². The maximum absolute atomic E-state index is 9.84. The van der Waals surface area contributed by atoms with Gasteiger partial charge in [-0.15, -0.1) is 0 Å². The molecule has 0 saturated carbocycles. The highest BCUT2D eigenvalue weighted by Crippen LogP contribution is 2.31. The Morgan fingerprint density at radius 3 is 0.406 bits per heavy atom. The van der Waals surface area contributed by atoms with Crippen LogP contribution < -0.4 is 0 Å². The zero-order valence-electron chi connectivity index (χ0n) is 36.0. The summed E-state index contributed by atoms with van der Waals surface area (Å²) in [6.07, 6.45) is -46.8. The molecule has 24 N–H and O–H groups in total. The third-order valence-electron chi connectivity index (χ3n) is 11.9. The minimum absolute atomic E-state index is 0.667. The lowest BCUT2D eigenvalue weighted by molar-refractivity contribution is -0.376. The van der Waals surface area contributed by atoms with Crippen molar-refractivity contribution in [2.24, 2.45) is 0 Å². The number of aliphatic hydroxyl groups is 24. The molecule has 6 aliphatic heterocycles. The zero-order valence-corrected chi connectivity index (χ0v) is 36.0. The van der Waals surface area contributed by atoms with Crippen molar-refractivity contribution in [1.82, 2.24) is 0 Å². The summed E-state index contributed by atoms with van der Waals surface area (Å²) in [5, 5.41) is 229. The van der Waals surface area contributed by atoms with Crippen LogP contribution in [0.4, 0.5) is 0 Å². The fraction of sp³-hybridized carbons (Fsp3) is 1.00. The average Bonchev–Trinajstić information content (AvgIpc) is 3.34. The third kappa shape index (κ3) is 13.7. The van der Waals surface area contributed by atoms with Crippen molar-refractivity contribution in [3.63, 3.8) is 0 Å². The summed E-state index contributed by atoms with van der Waals surface area (Å²) in [4.78, 5) is 0. The highest BCUT2D eigenvalue weighted by Gasteiger charge is 2.53. The average molecular weight is 1030 g/mol. The van der Waals surface area contributed by atoms with Gasteiger partial charge in [0.05, 0.1) is 39.6 Å². The smallest absolute Gasteiger partial charge is 0.189 e. The van der Waals surface area contributed by atoms with E-state index < -0.39 is 224 Å². The number of hydrogen-bond acceptors (Lipinski definition) is 33. The van der Waals surface area contributed by atoms with Crippen LogP contribution in [0.15, 0.2) is 0 Å². The number of hydrogen-bond donors (Lipinski definition) is 24. The van der Waals surface area contributed by atoms with E-state index in [1.807, 2.05) is 0 Å². The maximum atomic E-state index is 9.84. The van der Waals surface area contributed by atoms with Crippen LogP contribution in [0.1, 0.15) is 0 Å². The van der Waals surface area contributed by atoms with Crippen molar-refractivity contribution in [2.75, 3.05) is 39.6 Å². The van der Waals surface area contributed by atoms with E-state index in [1.165, 1.54) is 0 Å². The Balaban J connectivity index is 0.000000225. The van der Waals surface area contributed by atoms with Crippen molar-refractivity contribution in [3.8, 4) is 0 Å². The van der Waals surface area contributed by atoms with Crippen LogP contribution in [0, 0.1) is 0 Å². The van der Waals surface area contributed by atoms with Gasteiger partial charge >= 0.3 is 0 Å². The van der Waals surface area contributed by atoms with Crippen LogP contribution in [-0.4, -0.2) is 346 Å². The molecule has 0 aromatic carbocycles. The second-order valence-electron chi connectivity index (χ2n) is 16.6. The molecule has 0 radical (unpaired) electrons. The molecule has 30 atom stereocenters. The summed E-state index contributed by atoms with van der Waals surface area (Å²) in [6.45, 7) is -4.00. The second kappa shape index (κ2) is 26.8. The van der Waals surface area contributed by atoms with Crippen LogP contribution in [0.25, 0.3) is 0 Å². The van der Waals surface area contributed by atoms with Crippen molar-refractivity contribution >= 4 is 0 Å². The van der Waals surface area contributed by atoms with E-state index in [0.29, 0.717) is 0 Å². The summed E-state index contributed by atoms with van der Waals surface area (Å²) in [5.41, 5.74) is 0. The monoisotopic (exact) mass is 1030 g/mol. The molecule has 30 unspecified atom stereocenters. The van der Waals surface area contributed by atoms with E-state index in [0.717, 1.165) is 0 Å². The van der Waals surface area contributed by atoms with Gasteiger partial charge in [-0.3, -0.25) is 0 Å². The van der Waals surface area contributed by atoms with Gasteiger partial charge in [0.15, 0.2) is 37.7 Å². The Morgan fingerprint density at radius 2 is 0.304 bits per heavy atom. The Morgan fingerprint density at radius 1 is 0.188 bits per heavy atom. The van der Waals surface area contributed by atoms with Crippen molar-refractivity contribution in [3.05, 3.63) is 0 Å². The Hall–Kier alpha value is -1.32. The van der Waals surface area contributed by atoms with Crippen LogP contribution in [0.5, 0.6) is 0 Å². The van der Waals surface area contributed by atoms with Crippen molar-refractivity contribution in [1.29, 1.82) is 0 Å². The van der Waals surface area contributed by atoms with Crippen LogP contribution in [-0.2, 0) is 42.6 Å². The van der Waals surface area contributed by atoms with Gasteiger partial charge in [0.2, 0.25) is 0 Å². The first kappa shape index (κ1) is 60.2. The summed E-state index contributed by atoms with van der Waals surface area (Å²) in [7, 11) is 0. The predicted octanol–water partition coefficient (Wildman–Crippen LogP) is -16.2. The molecule has 33 heteroatoms. The van der Waals surface area contributed by atoms with E-state index in [1.54, 1.807) is 0 Å². The topological polar surface area (TPSA) is 569 Å². The third-order valence-corrected chi connectivity index (χ3v) is 11.9. The number of aliphatic hydroxyl groups excluding tert-OH is 24. The van der Waals surface area contributed by atoms with Gasteiger partial charge in [0.25, 0.3) is 0 Å². The fourth-order valence-electron chi connectivity index (χ4n) is 7.48. The molecule has 0 spiro atoms. The molecule has 408 valence electrons. The predicted molar refractivity (Wildman–Crippen MR) is 206 cm³/mol. The van der Waals surface area contributed by atoms with Gasteiger partial charge in [-0.2, -0.15) is 0 Å². The molecular weight excluding hydrogens is 960 g/mol. The largest absolute Gasteiger partial charge is 0.394 e. The van der Waals surface area contributed by atoms with Gasteiger partial charge < -0.3 is 165 Å². The lowest BCUT2D eigenvalue weighted by Crippen LogP contribution is -2.63. The molecule has 6 saturated heterocycles. The van der Waals surface area contributed by atoms with E-state index in [4.69, 9.17) is 73.3 Å². The Labute approximate surface area is 389 Å². The molecule has 69 heavy (non-hydrogen) atoms. The first-order valence-corrected chi connectivity index (χ1v) is 21.2. The molecule has 6 heterocycles. The Bertz CT molecular complexity index is 1200. The van der Waals surface area contributed by atoms with E-state index >= 15 is 0 Å². The lowest BCUT2D eigenvalue weighted by atomic mass is 9.98. The molecular formula is C36H66O33. The van der Waals surface area contributed by atoms with Crippen LogP contribution >= 0.6 is 0 Å². The van der Waals surface area contributed by atoms with Gasteiger partial charge in [0, 0.05) is 0 Å². The molecule has 0 aliphatic carbocycles. The normalized spacial score (nSPS) is 51.7. The lowest BCUT2D eigenvalue weighted by Gasteiger charge is -2.44. The Kier molecular flexibility index (Phi) is 23.4. The summed E-state index contributed by atoms with van der Waals surface area (Å²) < 4.78 is 45.9. The molecule has 0 amide bonds. The highest BCUT2D eigenvalue weighted by molar-refractivity contribution is 4.95. The van der Waals surface area contributed by atoms with Gasteiger partial charge in [0.1, 0.15) is 146 Å². The zero-order chi connectivity index (χ0) is 51.9. The molecule has 33 nitrogen and oxygen atoms in total. The van der Waals surface area contributed by atoms with Crippen LogP contribution in [0.3, 0.4) is 0 Å². The molecule has 0 bridgehead atoms. The number of ether oxygens (including phenoxy) is 9.